The number of thiophene rings is 1. The van der Waals surface area contributed by atoms with E-state index in [1.807, 2.05) is 17.0 Å². The summed E-state index contributed by atoms with van der Waals surface area (Å²) in [5.74, 6) is 0.506. The molecule has 1 aliphatic heterocycles. The molecule has 0 aliphatic carbocycles. The minimum Gasteiger partial charge on any atom is -0.494 e. The van der Waals surface area contributed by atoms with Crippen LogP contribution in [-0.2, 0) is 21.4 Å². The highest BCUT2D eigenvalue weighted by molar-refractivity contribution is 7.92. The maximum Gasteiger partial charge on any atom is 0.236 e. The number of fused-ring (bicyclic) bond motifs is 1. The molecule has 1 aliphatic rings. The van der Waals surface area contributed by atoms with Crippen LogP contribution in [0.25, 0.3) is 17.0 Å². The van der Waals surface area contributed by atoms with Crippen molar-refractivity contribution in [3.63, 3.8) is 0 Å². The number of carbonyl (C=O) groups excluding carboxylic acids is 1. The lowest BCUT2D eigenvalue weighted by Gasteiger charge is -2.37. The molecule has 1 atom stereocenters. The highest BCUT2D eigenvalue weighted by Crippen LogP contribution is 2.34. The fraction of sp³-hybridized carbons (Fsp3) is 0.300. The Balaban J connectivity index is 1.44. The zero-order valence-electron chi connectivity index (χ0n) is 16.7. The molecule has 1 fully saturated rings. The second-order valence-corrected chi connectivity index (χ2v) is 10.6. The third kappa shape index (κ3) is 4.83. The summed E-state index contributed by atoms with van der Waals surface area (Å²) in [5.41, 5.74) is 1.93. The number of aldehydes is 1. The van der Waals surface area contributed by atoms with Gasteiger partial charge in [-0.05, 0) is 24.3 Å². The van der Waals surface area contributed by atoms with Gasteiger partial charge in [0.15, 0.2) is 0 Å². The number of hydrogen-bond donors (Lipinski definition) is 1. The number of nitrogens with one attached hydrogen (secondary N) is 1. The Morgan fingerprint density at radius 3 is 2.94 bits per heavy atom. The molecule has 0 amide bonds. The number of hydrogen-bond acceptors (Lipinski definition) is 7. The van der Waals surface area contributed by atoms with Crippen LogP contribution < -0.4 is 4.74 Å². The second kappa shape index (κ2) is 9.09. The lowest BCUT2D eigenvalue weighted by Crippen LogP contribution is -2.54. The maximum atomic E-state index is 12.8. The third-order valence-corrected chi connectivity index (χ3v) is 7.98. The van der Waals surface area contributed by atoms with E-state index >= 15 is 0 Å². The quantitative estimate of drug-likeness (QED) is 0.522. The van der Waals surface area contributed by atoms with Gasteiger partial charge in [-0.1, -0.05) is 11.6 Å². The fourth-order valence-corrected chi connectivity index (χ4v) is 5.97. The van der Waals surface area contributed by atoms with Gasteiger partial charge in [-0.25, -0.2) is 8.42 Å². The van der Waals surface area contributed by atoms with Crippen LogP contribution in [0.15, 0.2) is 36.0 Å². The van der Waals surface area contributed by atoms with Crippen molar-refractivity contribution in [1.82, 2.24) is 19.2 Å². The van der Waals surface area contributed by atoms with Crippen molar-refractivity contribution in [2.24, 2.45) is 0 Å². The molecule has 0 aromatic carbocycles. The van der Waals surface area contributed by atoms with Crippen molar-refractivity contribution in [3.05, 3.63) is 50.9 Å². The number of ether oxygens (including phenoxy) is 1. The summed E-state index contributed by atoms with van der Waals surface area (Å²) in [7, 11) is -2.17. The standard InChI is InChI=1S/C20H21ClN4O4S2/c1-29-19-9-17(30-20(19)21)3-7-31(27,28)25-6-5-24(16(12-25)13-26)11-15-8-14-10-22-4-2-18(14)23-15/h2-4,7-10,13,16,23H,5-6,11-12H2,1H3. The van der Waals surface area contributed by atoms with Crippen molar-refractivity contribution in [3.8, 4) is 5.75 Å². The minimum atomic E-state index is -3.68. The zero-order valence-corrected chi connectivity index (χ0v) is 19.1. The molecule has 31 heavy (non-hydrogen) atoms. The van der Waals surface area contributed by atoms with Crippen LogP contribution in [0.1, 0.15) is 10.6 Å². The largest absolute Gasteiger partial charge is 0.494 e. The first-order valence-corrected chi connectivity index (χ1v) is 12.2. The Morgan fingerprint density at radius 2 is 2.23 bits per heavy atom. The number of aromatic amines is 1. The van der Waals surface area contributed by atoms with Gasteiger partial charge in [0.1, 0.15) is 16.4 Å². The molecule has 164 valence electrons. The van der Waals surface area contributed by atoms with E-state index < -0.39 is 16.1 Å². The summed E-state index contributed by atoms with van der Waals surface area (Å²) < 4.78 is 32.5. The van der Waals surface area contributed by atoms with Gasteiger partial charge in [0.05, 0.1) is 13.2 Å². The molecule has 3 aromatic heterocycles. The first-order chi connectivity index (χ1) is 14.9. The van der Waals surface area contributed by atoms with Gasteiger partial charge in [-0.2, -0.15) is 4.31 Å². The average Bonchev–Trinajstić information content (AvgIpc) is 3.34. The fourth-order valence-electron chi connectivity index (χ4n) is 3.54. The Morgan fingerprint density at radius 1 is 1.39 bits per heavy atom. The van der Waals surface area contributed by atoms with Crippen molar-refractivity contribution in [2.75, 3.05) is 26.7 Å². The first-order valence-electron chi connectivity index (χ1n) is 9.52. The molecule has 0 bridgehead atoms. The van der Waals surface area contributed by atoms with E-state index in [9.17, 15) is 13.2 Å². The molecule has 4 rings (SSSR count). The number of carbonyl (C=O) groups is 1. The number of sulfonamides is 1. The summed E-state index contributed by atoms with van der Waals surface area (Å²) in [6.07, 6.45) is 5.79. The number of piperazine rings is 1. The summed E-state index contributed by atoms with van der Waals surface area (Å²) in [5, 5.41) is 2.15. The normalized spacial score (nSPS) is 18.7. The van der Waals surface area contributed by atoms with Gasteiger partial charge in [0.25, 0.3) is 0 Å². The van der Waals surface area contributed by atoms with E-state index in [2.05, 4.69) is 9.97 Å². The third-order valence-electron chi connectivity index (χ3n) is 5.16. The molecule has 0 radical (unpaired) electrons. The monoisotopic (exact) mass is 480 g/mol. The highest BCUT2D eigenvalue weighted by atomic mass is 35.5. The number of methoxy groups -OCH3 is 1. The molecule has 11 heteroatoms. The highest BCUT2D eigenvalue weighted by Gasteiger charge is 2.32. The Hall–Kier alpha value is -2.24. The summed E-state index contributed by atoms with van der Waals surface area (Å²) in [4.78, 5) is 21.8. The minimum absolute atomic E-state index is 0.104. The molecule has 8 nitrogen and oxygen atoms in total. The van der Waals surface area contributed by atoms with Gasteiger partial charge in [-0.15, -0.1) is 11.3 Å². The molecule has 1 unspecified atom stereocenters. The molecule has 0 saturated carbocycles. The van der Waals surface area contributed by atoms with Gasteiger partial charge in [0, 0.05) is 65.5 Å². The van der Waals surface area contributed by atoms with E-state index in [0.29, 0.717) is 34.6 Å². The van der Waals surface area contributed by atoms with Gasteiger partial charge in [0.2, 0.25) is 10.0 Å². The Bertz CT molecular complexity index is 1190. The topological polar surface area (TPSA) is 95.6 Å². The zero-order chi connectivity index (χ0) is 22.0. The van der Waals surface area contributed by atoms with E-state index in [-0.39, 0.29) is 6.54 Å². The number of H-pyrrole nitrogens is 1. The predicted molar refractivity (Wildman–Crippen MR) is 122 cm³/mol. The van der Waals surface area contributed by atoms with Gasteiger partial charge in [-0.3, -0.25) is 9.88 Å². The van der Waals surface area contributed by atoms with Crippen LogP contribution in [0, 0.1) is 0 Å². The van der Waals surface area contributed by atoms with Crippen molar-refractivity contribution >= 4 is 56.2 Å². The van der Waals surface area contributed by atoms with Crippen LogP contribution in [0.2, 0.25) is 4.34 Å². The SMILES string of the molecule is COc1cc(C=CS(=O)(=O)N2CCN(Cc3cc4cnccc4[nH]3)C(C=O)C2)sc1Cl. The summed E-state index contributed by atoms with van der Waals surface area (Å²) in [6, 6.07) is 5.04. The van der Waals surface area contributed by atoms with E-state index in [4.69, 9.17) is 16.3 Å². The van der Waals surface area contributed by atoms with Crippen molar-refractivity contribution < 1.29 is 17.9 Å². The number of rotatable bonds is 7. The predicted octanol–water partition coefficient (Wildman–Crippen LogP) is 2.97. The molecular weight excluding hydrogens is 460 g/mol. The Kier molecular flexibility index (Phi) is 6.44. The molecule has 4 heterocycles. The molecular formula is C20H21ClN4O4S2. The number of pyridine rings is 1. The molecule has 3 aromatic rings. The lowest BCUT2D eigenvalue weighted by atomic mass is 10.2. The van der Waals surface area contributed by atoms with Crippen LogP contribution in [0.4, 0.5) is 0 Å². The molecule has 0 spiro atoms. The van der Waals surface area contributed by atoms with Gasteiger partial charge >= 0.3 is 0 Å². The molecule has 1 saturated heterocycles. The summed E-state index contributed by atoms with van der Waals surface area (Å²) >= 11 is 7.27. The number of aromatic nitrogens is 2. The van der Waals surface area contributed by atoms with Crippen LogP contribution in [0.5, 0.6) is 5.75 Å². The average molecular weight is 481 g/mol. The number of halogens is 1. The van der Waals surface area contributed by atoms with Crippen molar-refractivity contribution in [1.29, 1.82) is 0 Å². The van der Waals surface area contributed by atoms with Crippen LogP contribution in [-0.4, -0.2) is 66.7 Å². The van der Waals surface area contributed by atoms with E-state index in [1.54, 1.807) is 18.5 Å². The van der Waals surface area contributed by atoms with E-state index in [0.717, 1.165) is 28.3 Å². The Labute approximate surface area is 189 Å². The smallest absolute Gasteiger partial charge is 0.236 e. The second-order valence-electron chi connectivity index (χ2n) is 7.13. The lowest BCUT2D eigenvalue weighted by molar-refractivity contribution is -0.114. The van der Waals surface area contributed by atoms with Gasteiger partial charge < -0.3 is 14.5 Å². The van der Waals surface area contributed by atoms with E-state index in [1.165, 1.54) is 28.8 Å². The maximum absolute atomic E-state index is 12.8. The number of nitrogens with zero attached hydrogens (tertiary/aromatic N) is 3. The van der Waals surface area contributed by atoms with Crippen LogP contribution >= 0.6 is 22.9 Å². The van der Waals surface area contributed by atoms with Crippen molar-refractivity contribution in [2.45, 2.75) is 12.6 Å². The first kappa shape index (κ1) is 22.0. The molecule has 1 N–H and O–H groups in total. The van der Waals surface area contributed by atoms with Crippen LogP contribution in [0.3, 0.4) is 0 Å². The summed E-state index contributed by atoms with van der Waals surface area (Å²) in [6.45, 7) is 1.37.